The predicted molar refractivity (Wildman–Crippen MR) is 74.4 cm³/mol. The van der Waals surface area contributed by atoms with E-state index in [1.165, 1.54) is 11.8 Å². The molecule has 0 spiro atoms. The second-order valence-corrected chi connectivity index (χ2v) is 5.21. The van der Waals surface area contributed by atoms with E-state index in [1.807, 2.05) is 0 Å². The van der Waals surface area contributed by atoms with Crippen molar-refractivity contribution in [3.05, 3.63) is 39.4 Å². The molecule has 6 nitrogen and oxygen atoms in total. The van der Waals surface area contributed by atoms with Crippen LogP contribution in [-0.4, -0.2) is 40.6 Å². The maximum absolute atomic E-state index is 13.6. The van der Waals surface area contributed by atoms with Crippen molar-refractivity contribution >= 4 is 23.4 Å². The van der Waals surface area contributed by atoms with Gasteiger partial charge in [0, 0.05) is 18.9 Å². The fourth-order valence-corrected chi connectivity index (χ4v) is 2.23. The maximum Gasteiger partial charge on any atom is 0.307 e. The molecule has 1 amide bonds. The molecule has 0 radical (unpaired) electrons. The standard InChI is InChI=1S/C12H14F2N2O4S/c13-9-7-11(16(19)20)10(14)6-8(9)12(18)15-2-5-21-4-1-3-17/h6-7,17H,1-5H2,(H,15,18). The molecular formula is C12H14F2N2O4S. The van der Waals surface area contributed by atoms with Gasteiger partial charge in [0.1, 0.15) is 5.82 Å². The van der Waals surface area contributed by atoms with Crippen LogP contribution in [0.3, 0.4) is 0 Å². The zero-order valence-electron chi connectivity index (χ0n) is 11.0. The topological polar surface area (TPSA) is 92.5 Å². The molecule has 0 aromatic heterocycles. The largest absolute Gasteiger partial charge is 0.396 e. The summed E-state index contributed by atoms with van der Waals surface area (Å²) in [5, 5.41) is 21.4. The quantitative estimate of drug-likeness (QED) is 0.432. The fraction of sp³-hybridized carbons (Fsp3) is 0.417. The minimum Gasteiger partial charge on any atom is -0.396 e. The Morgan fingerprint density at radius 2 is 2.05 bits per heavy atom. The highest BCUT2D eigenvalue weighted by atomic mass is 32.2. The third-order valence-electron chi connectivity index (χ3n) is 2.46. The minimum absolute atomic E-state index is 0.0899. The average Bonchev–Trinajstić information content (AvgIpc) is 2.44. The van der Waals surface area contributed by atoms with E-state index in [-0.39, 0.29) is 13.2 Å². The van der Waals surface area contributed by atoms with Crippen molar-refractivity contribution in [1.82, 2.24) is 5.32 Å². The number of nitro benzene ring substituents is 1. The molecule has 0 heterocycles. The van der Waals surface area contributed by atoms with Crippen LogP contribution in [0.4, 0.5) is 14.5 Å². The number of rotatable bonds is 8. The number of hydrogen-bond donors (Lipinski definition) is 2. The van der Waals surface area contributed by atoms with Gasteiger partial charge >= 0.3 is 5.69 Å². The highest BCUT2D eigenvalue weighted by molar-refractivity contribution is 7.99. The number of carbonyl (C=O) groups excluding carboxylic acids is 1. The van der Waals surface area contributed by atoms with Crippen molar-refractivity contribution in [2.75, 3.05) is 24.7 Å². The van der Waals surface area contributed by atoms with Crippen molar-refractivity contribution < 1.29 is 23.6 Å². The molecule has 0 saturated heterocycles. The first kappa shape index (κ1) is 17.3. The van der Waals surface area contributed by atoms with Crippen LogP contribution in [0.25, 0.3) is 0 Å². The van der Waals surface area contributed by atoms with E-state index in [4.69, 9.17) is 5.11 Å². The van der Waals surface area contributed by atoms with E-state index >= 15 is 0 Å². The number of aliphatic hydroxyl groups is 1. The molecule has 116 valence electrons. The Kier molecular flexibility index (Phi) is 7.03. The van der Waals surface area contributed by atoms with Gasteiger partial charge in [-0.2, -0.15) is 16.2 Å². The highest BCUT2D eigenvalue weighted by Crippen LogP contribution is 2.21. The van der Waals surface area contributed by atoms with Crippen LogP contribution in [0.15, 0.2) is 12.1 Å². The summed E-state index contributed by atoms with van der Waals surface area (Å²) in [7, 11) is 0. The number of nitro groups is 1. The number of carbonyl (C=O) groups is 1. The summed E-state index contributed by atoms with van der Waals surface area (Å²) in [6.45, 7) is 0.333. The normalized spacial score (nSPS) is 10.4. The molecule has 0 aliphatic carbocycles. The Morgan fingerprint density at radius 1 is 1.33 bits per heavy atom. The lowest BCUT2D eigenvalue weighted by molar-refractivity contribution is -0.387. The van der Waals surface area contributed by atoms with Crippen molar-refractivity contribution in [3.8, 4) is 0 Å². The van der Waals surface area contributed by atoms with Crippen LogP contribution >= 0.6 is 11.8 Å². The van der Waals surface area contributed by atoms with Crippen LogP contribution in [0.2, 0.25) is 0 Å². The van der Waals surface area contributed by atoms with Crippen LogP contribution in [-0.2, 0) is 0 Å². The van der Waals surface area contributed by atoms with Crippen molar-refractivity contribution in [1.29, 1.82) is 0 Å². The summed E-state index contributed by atoms with van der Waals surface area (Å²) in [6.07, 6.45) is 0.640. The summed E-state index contributed by atoms with van der Waals surface area (Å²) < 4.78 is 26.9. The lowest BCUT2D eigenvalue weighted by Crippen LogP contribution is -2.27. The van der Waals surface area contributed by atoms with Gasteiger partial charge in [-0.15, -0.1) is 0 Å². The van der Waals surface area contributed by atoms with E-state index in [0.717, 1.165) is 5.75 Å². The smallest absolute Gasteiger partial charge is 0.307 e. The molecule has 2 N–H and O–H groups in total. The number of hydrogen-bond acceptors (Lipinski definition) is 5. The van der Waals surface area contributed by atoms with Gasteiger partial charge in [0.25, 0.3) is 5.91 Å². The third kappa shape index (κ3) is 5.27. The highest BCUT2D eigenvalue weighted by Gasteiger charge is 2.21. The van der Waals surface area contributed by atoms with Gasteiger partial charge in [0.05, 0.1) is 16.6 Å². The van der Waals surface area contributed by atoms with Crippen LogP contribution in [0.1, 0.15) is 16.8 Å². The number of aliphatic hydroxyl groups excluding tert-OH is 1. The number of halogens is 2. The lowest BCUT2D eigenvalue weighted by Gasteiger charge is -2.06. The maximum atomic E-state index is 13.6. The molecule has 0 atom stereocenters. The molecule has 0 aliphatic rings. The SMILES string of the molecule is O=C(NCCSCCCO)c1cc(F)c([N+](=O)[O-])cc1F. The molecule has 1 aromatic rings. The molecule has 0 aliphatic heterocycles. The lowest BCUT2D eigenvalue weighted by atomic mass is 10.1. The zero-order chi connectivity index (χ0) is 15.8. The predicted octanol–water partition coefficient (Wildman–Crippen LogP) is 1.72. The minimum atomic E-state index is -1.26. The number of thioether (sulfide) groups is 1. The number of nitrogens with zero attached hydrogens (tertiary/aromatic N) is 1. The van der Waals surface area contributed by atoms with Gasteiger partial charge in [0.2, 0.25) is 5.82 Å². The van der Waals surface area contributed by atoms with Crippen LogP contribution in [0, 0.1) is 21.7 Å². The average molecular weight is 320 g/mol. The van der Waals surface area contributed by atoms with E-state index in [9.17, 15) is 23.7 Å². The van der Waals surface area contributed by atoms with Gasteiger partial charge < -0.3 is 10.4 Å². The number of benzene rings is 1. The molecule has 1 rings (SSSR count). The summed E-state index contributed by atoms with van der Waals surface area (Å²) >= 11 is 1.50. The Balaban J connectivity index is 2.58. The van der Waals surface area contributed by atoms with Gasteiger partial charge in [-0.05, 0) is 18.2 Å². The first-order valence-corrected chi connectivity index (χ1v) is 7.23. The molecule has 21 heavy (non-hydrogen) atoms. The Bertz CT molecular complexity index is 528. The van der Waals surface area contributed by atoms with Gasteiger partial charge in [-0.3, -0.25) is 14.9 Å². The monoisotopic (exact) mass is 320 g/mol. The fourth-order valence-electron chi connectivity index (χ4n) is 1.45. The summed E-state index contributed by atoms with van der Waals surface area (Å²) in [5.41, 5.74) is -1.58. The Hall–Kier alpha value is -1.74. The first-order chi connectivity index (χ1) is 9.97. The van der Waals surface area contributed by atoms with E-state index in [1.54, 1.807) is 0 Å². The second-order valence-electron chi connectivity index (χ2n) is 3.99. The molecule has 1 aromatic carbocycles. The molecule has 0 bridgehead atoms. The molecule has 0 unspecified atom stereocenters. The van der Waals surface area contributed by atoms with Gasteiger partial charge in [-0.1, -0.05) is 0 Å². The van der Waals surface area contributed by atoms with Crippen LogP contribution in [0.5, 0.6) is 0 Å². The van der Waals surface area contributed by atoms with Crippen molar-refractivity contribution in [2.45, 2.75) is 6.42 Å². The molecule has 0 saturated carbocycles. The van der Waals surface area contributed by atoms with Crippen molar-refractivity contribution in [3.63, 3.8) is 0 Å². The van der Waals surface area contributed by atoms with Crippen molar-refractivity contribution in [2.24, 2.45) is 0 Å². The summed E-state index contributed by atoms with van der Waals surface area (Å²) in [5.74, 6) is -1.95. The van der Waals surface area contributed by atoms with E-state index in [2.05, 4.69) is 5.32 Å². The molecular weight excluding hydrogens is 306 g/mol. The summed E-state index contributed by atoms with van der Waals surface area (Å²) in [4.78, 5) is 21.0. The number of nitrogens with one attached hydrogen (secondary N) is 1. The van der Waals surface area contributed by atoms with Gasteiger partial charge in [-0.25, -0.2) is 4.39 Å². The van der Waals surface area contributed by atoms with Gasteiger partial charge in [0.15, 0.2) is 0 Å². The van der Waals surface area contributed by atoms with Crippen LogP contribution < -0.4 is 5.32 Å². The Labute approximate surface area is 123 Å². The van der Waals surface area contributed by atoms with E-state index in [0.29, 0.717) is 24.3 Å². The zero-order valence-corrected chi connectivity index (χ0v) is 11.8. The first-order valence-electron chi connectivity index (χ1n) is 6.07. The summed E-state index contributed by atoms with van der Waals surface area (Å²) in [6, 6.07) is 0.905. The molecule has 9 heteroatoms. The third-order valence-corrected chi connectivity index (χ3v) is 3.53. The second kappa shape index (κ2) is 8.53. The molecule has 0 fully saturated rings. The number of amides is 1. The van der Waals surface area contributed by atoms with E-state index < -0.39 is 33.7 Å². The Morgan fingerprint density at radius 3 is 2.67 bits per heavy atom.